The summed E-state index contributed by atoms with van der Waals surface area (Å²) in [4.78, 5) is 25.3. The summed E-state index contributed by atoms with van der Waals surface area (Å²) < 4.78 is 3.65. The first kappa shape index (κ1) is 11.0. The Morgan fingerprint density at radius 2 is 2.38 bits per heavy atom. The SMILES string of the molecule is CC1(C)C(=O)NCCN1C(=O)c1csnn1. The van der Waals surface area contributed by atoms with E-state index in [0.29, 0.717) is 18.8 Å². The van der Waals surface area contributed by atoms with Crippen LogP contribution in [0.2, 0.25) is 0 Å². The smallest absolute Gasteiger partial charge is 0.276 e. The first-order valence-corrected chi connectivity index (χ1v) is 5.74. The number of aromatic nitrogens is 2. The topological polar surface area (TPSA) is 75.2 Å². The molecule has 0 saturated carbocycles. The number of carbonyl (C=O) groups excluding carboxylic acids is 2. The molecule has 1 N–H and O–H groups in total. The molecule has 0 spiro atoms. The van der Waals surface area contributed by atoms with Crippen molar-refractivity contribution in [2.45, 2.75) is 19.4 Å². The molecule has 0 radical (unpaired) electrons. The minimum Gasteiger partial charge on any atom is -0.352 e. The Hall–Kier alpha value is -1.50. The fraction of sp³-hybridized carbons (Fsp3) is 0.556. The molecule has 0 aromatic carbocycles. The Bertz CT molecular complexity index is 415. The molecule has 7 heteroatoms. The maximum Gasteiger partial charge on any atom is 0.276 e. The van der Waals surface area contributed by atoms with Crippen LogP contribution in [0.3, 0.4) is 0 Å². The van der Waals surface area contributed by atoms with Gasteiger partial charge in [0.2, 0.25) is 5.91 Å². The molecular formula is C9H12N4O2S. The summed E-state index contributed by atoms with van der Waals surface area (Å²) in [5.74, 6) is -0.385. The molecule has 0 unspecified atom stereocenters. The van der Waals surface area contributed by atoms with Gasteiger partial charge in [-0.2, -0.15) is 0 Å². The molecule has 1 fully saturated rings. The molecule has 1 saturated heterocycles. The average Bonchev–Trinajstić information content (AvgIpc) is 2.74. The Morgan fingerprint density at radius 3 is 3.00 bits per heavy atom. The van der Waals surface area contributed by atoms with Gasteiger partial charge in [0.25, 0.3) is 5.91 Å². The van der Waals surface area contributed by atoms with Gasteiger partial charge in [0.1, 0.15) is 5.54 Å². The minimum absolute atomic E-state index is 0.143. The number of amides is 2. The third-order valence-electron chi connectivity index (χ3n) is 2.68. The molecule has 1 aromatic rings. The van der Waals surface area contributed by atoms with E-state index in [9.17, 15) is 9.59 Å². The second-order valence-electron chi connectivity index (χ2n) is 4.06. The third-order valence-corrected chi connectivity index (χ3v) is 3.18. The first-order valence-electron chi connectivity index (χ1n) is 4.91. The van der Waals surface area contributed by atoms with Crippen molar-refractivity contribution >= 4 is 23.3 Å². The van der Waals surface area contributed by atoms with Crippen LogP contribution in [0.1, 0.15) is 24.3 Å². The van der Waals surface area contributed by atoms with E-state index in [2.05, 4.69) is 14.9 Å². The lowest BCUT2D eigenvalue weighted by atomic mass is 9.98. The number of rotatable bonds is 1. The van der Waals surface area contributed by atoms with E-state index < -0.39 is 5.54 Å². The molecule has 6 nitrogen and oxygen atoms in total. The van der Waals surface area contributed by atoms with Crippen LogP contribution in [0.5, 0.6) is 0 Å². The van der Waals surface area contributed by atoms with Crippen LogP contribution in [-0.2, 0) is 4.79 Å². The molecule has 2 amide bonds. The molecular weight excluding hydrogens is 228 g/mol. The zero-order chi connectivity index (χ0) is 11.8. The van der Waals surface area contributed by atoms with E-state index in [1.165, 1.54) is 4.90 Å². The largest absolute Gasteiger partial charge is 0.352 e. The fourth-order valence-corrected chi connectivity index (χ4v) is 2.08. The van der Waals surface area contributed by atoms with E-state index in [-0.39, 0.29) is 11.8 Å². The van der Waals surface area contributed by atoms with Gasteiger partial charge in [-0.1, -0.05) is 4.49 Å². The Morgan fingerprint density at radius 1 is 1.62 bits per heavy atom. The summed E-state index contributed by atoms with van der Waals surface area (Å²) in [5, 5.41) is 8.05. The van der Waals surface area contributed by atoms with Gasteiger partial charge < -0.3 is 10.2 Å². The standard InChI is InChI=1S/C9H12N4O2S/c1-9(2)8(15)10-3-4-13(9)7(14)6-5-16-12-11-6/h5H,3-4H2,1-2H3,(H,10,15). The molecule has 0 bridgehead atoms. The van der Waals surface area contributed by atoms with Gasteiger partial charge in [0.15, 0.2) is 5.69 Å². The van der Waals surface area contributed by atoms with Gasteiger partial charge in [-0.15, -0.1) is 5.10 Å². The molecule has 0 aliphatic carbocycles. The number of hydrogen-bond donors (Lipinski definition) is 1. The van der Waals surface area contributed by atoms with Crippen LogP contribution in [0, 0.1) is 0 Å². The van der Waals surface area contributed by atoms with Crippen molar-refractivity contribution in [3.05, 3.63) is 11.1 Å². The maximum atomic E-state index is 12.1. The van der Waals surface area contributed by atoms with Crippen LogP contribution < -0.4 is 5.32 Å². The summed E-state index contributed by atoms with van der Waals surface area (Å²) in [5.41, 5.74) is -0.536. The van der Waals surface area contributed by atoms with E-state index in [4.69, 9.17) is 0 Å². The van der Waals surface area contributed by atoms with Crippen molar-refractivity contribution in [1.29, 1.82) is 0 Å². The van der Waals surface area contributed by atoms with Gasteiger partial charge >= 0.3 is 0 Å². The lowest BCUT2D eigenvalue weighted by molar-refractivity contribution is -0.133. The molecule has 16 heavy (non-hydrogen) atoms. The lowest BCUT2D eigenvalue weighted by Crippen LogP contribution is -2.63. The number of nitrogens with zero attached hydrogens (tertiary/aromatic N) is 3. The summed E-state index contributed by atoms with van der Waals surface area (Å²) in [6.07, 6.45) is 0. The normalized spacial score (nSPS) is 19.4. The number of piperazine rings is 1. The van der Waals surface area contributed by atoms with Gasteiger partial charge in [-0.05, 0) is 25.4 Å². The highest BCUT2D eigenvalue weighted by Crippen LogP contribution is 2.20. The fourth-order valence-electron chi connectivity index (χ4n) is 1.65. The highest BCUT2D eigenvalue weighted by Gasteiger charge is 2.41. The maximum absolute atomic E-state index is 12.1. The third kappa shape index (κ3) is 1.67. The zero-order valence-electron chi connectivity index (χ0n) is 9.06. The van der Waals surface area contributed by atoms with Crippen LogP contribution in [0.25, 0.3) is 0 Å². The van der Waals surface area contributed by atoms with Crippen LogP contribution in [-0.4, -0.2) is 44.9 Å². The number of nitrogens with one attached hydrogen (secondary N) is 1. The van der Waals surface area contributed by atoms with E-state index in [1.54, 1.807) is 19.2 Å². The summed E-state index contributed by atoms with van der Waals surface area (Å²) in [7, 11) is 0. The van der Waals surface area contributed by atoms with Crippen molar-refractivity contribution in [2.24, 2.45) is 0 Å². The van der Waals surface area contributed by atoms with Gasteiger partial charge in [0, 0.05) is 18.5 Å². The second kappa shape index (κ2) is 3.82. The van der Waals surface area contributed by atoms with Gasteiger partial charge in [-0.3, -0.25) is 9.59 Å². The van der Waals surface area contributed by atoms with Crippen molar-refractivity contribution in [3.63, 3.8) is 0 Å². The predicted molar refractivity (Wildman–Crippen MR) is 58.0 cm³/mol. The van der Waals surface area contributed by atoms with Crippen LogP contribution >= 0.6 is 11.5 Å². The summed E-state index contributed by atoms with van der Waals surface area (Å²) >= 11 is 1.12. The highest BCUT2D eigenvalue weighted by atomic mass is 32.1. The molecule has 1 aliphatic rings. The monoisotopic (exact) mass is 240 g/mol. The lowest BCUT2D eigenvalue weighted by Gasteiger charge is -2.40. The summed E-state index contributed by atoms with van der Waals surface area (Å²) in [6, 6.07) is 0. The summed E-state index contributed by atoms with van der Waals surface area (Å²) in [6.45, 7) is 4.42. The van der Waals surface area contributed by atoms with Crippen LogP contribution in [0.4, 0.5) is 0 Å². The Kier molecular flexibility index (Phi) is 2.63. The van der Waals surface area contributed by atoms with Crippen LogP contribution in [0.15, 0.2) is 5.38 Å². The molecule has 2 rings (SSSR count). The average molecular weight is 240 g/mol. The number of hydrogen-bond acceptors (Lipinski definition) is 5. The Labute approximate surface area is 96.8 Å². The minimum atomic E-state index is -0.834. The van der Waals surface area contributed by atoms with Gasteiger partial charge in [0.05, 0.1) is 0 Å². The van der Waals surface area contributed by atoms with E-state index >= 15 is 0 Å². The van der Waals surface area contributed by atoms with Crippen molar-refractivity contribution in [2.75, 3.05) is 13.1 Å². The zero-order valence-corrected chi connectivity index (χ0v) is 9.87. The predicted octanol–water partition coefficient (Wildman–Crippen LogP) is -0.111. The number of carbonyl (C=O) groups is 2. The second-order valence-corrected chi connectivity index (χ2v) is 4.67. The van der Waals surface area contributed by atoms with Crippen molar-refractivity contribution in [3.8, 4) is 0 Å². The molecule has 0 atom stereocenters. The molecule has 2 heterocycles. The quantitative estimate of drug-likeness (QED) is 0.743. The highest BCUT2D eigenvalue weighted by molar-refractivity contribution is 7.03. The van der Waals surface area contributed by atoms with Crippen molar-refractivity contribution < 1.29 is 9.59 Å². The molecule has 86 valence electrons. The van der Waals surface area contributed by atoms with Gasteiger partial charge in [-0.25, -0.2) is 0 Å². The Balaban J connectivity index is 2.26. The van der Waals surface area contributed by atoms with Crippen molar-refractivity contribution in [1.82, 2.24) is 19.8 Å². The molecule has 1 aliphatic heterocycles. The first-order chi connectivity index (χ1) is 7.53. The van der Waals surface area contributed by atoms with E-state index in [0.717, 1.165) is 11.5 Å². The molecule has 1 aromatic heterocycles. The van der Waals surface area contributed by atoms with E-state index in [1.807, 2.05) is 0 Å².